The van der Waals surface area contributed by atoms with Gasteiger partial charge in [0, 0.05) is 22.3 Å². The summed E-state index contributed by atoms with van der Waals surface area (Å²) in [4.78, 5) is 21.5. The molecular weight excluding hydrogens is 268 g/mol. The maximum Gasteiger partial charge on any atom is 0.222 e. The van der Waals surface area contributed by atoms with E-state index in [4.69, 9.17) is 9.47 Å². The lowest BCUT2D eigenvalue weighted by Crippen LogP contribution is -2.28. The molecule has 1 saturated heterocycles. The van der Waals surface area contributed by atoms with E-state index in [1.54, 1.807) is 24.3 Å². The molecular formula is C17H14O4. The first-order chi connectivity index (χ1) is 10.3. The Morgan fingerprint density at radius 3 is 1.43 bits per heavy atom. The molecule has 1 heterocycles. The number of hydrogen-bond acceptors (Lipinski definition) is 4. The molecule has 0 saturated carbocycles. The fraction of sp³-hybridized carbons (Fsp3) is 0.176. The normalized spacial score (nSPS) is 16.6. The van der Waals surface area contributed by atoms with Crippen molar-refractivity contribution in [1.29, 1.82) is 0 Å². The predicted molar refractivity (Wildman–Crippen MR) is 76.3 cm³/mol. The molecule has 0 amide bonds. The van der Waals surface area contributed by atoms with Crippen LogP contribution in [0.15, 0.2) is 48.5 Å². The second kappa shape index (κ2) is 5.60. The molecule has 0 aromatic heterocycles. The van der Waals surface area contributed by atoms with Gasteiger partial charge in [-0.3, -0.25) is 9.59 Å². The molecule has 0 unspecified atom stereocenters. The zero-order valence-corrected chi connectivity index (χ0v) is 11.3. The van der Waals surface area contributed by atoms with Gasteiger partial charge in [-0.25, -0.2) is 0 Å². The molecule has 4 heteroatoms. The Morgan fingerprint density at radius 2 is 1.10 bits per heavy atom. The lowest BCUT2D eigenvalue weighted by atomic mass is 9.95. The monoisotopic (exact) mass is 282 g/mol. The molecule has 0 aliphatic carbocycles. The Balaban J connectivity index is 2.05. The zero-order chi connectivity index (χ0) is 14.7. The third-order valence-corrected chi connectivity index (χ3v) is 3.55. The molecule has 0 radical (unpaired) electrons. The number of benzene rings is 2. The summed E-state index contributed by atoms with van der Waals surface area (Å²) < 4.78 is 11.7. The largest absolute Gasteiger partial charge is 0.340 e. The van der Waals surface area contributed by atoms with Crippen LogP contribution in [0.2, 0.25) is 0 Å². The average molecular weight is 282 g/mol. The van der Waals surface area contributed by atoms with Crippen molar-refractivity contribution in [2.45, 2.75) is 5.79 Å². The Bertz CT molecular complexity index is 584. The van der Waals surface area contributed by atoms with Gasteiger partial charge in [-0.1, -0.05) is 48.5 Å². The van der Waals surface area contributed by atoms with Gasteiger partial charge in [0.2, 0.25) is 5.79 Å². The van der Waals surface area contributed by atoms with Crippen molar-refractivity contribution in [3.8, 4) is 0 Å². The van der Waals surface area contributed by atoms with E-state index in [1.807, 2.05) is 24.3 Å². The standard InChI is InChI=1S/C17H14O4/c18-11-13-1-5-15(6-2-13)17(20-9-10-21-17)16-7-3-14(12-19)4-8-16/h1-8,11-12H,9-10H2. The summed E-state index contributed by atoms with van der Waals surface area (Å²) in [6.07, 6.45) is 1.59. The molecule has 1 fully saturated rings. The highest BCUT2D eigenvalue weighted by molar-refractivity contribution is 5.75. The number of ether oxygens (including phenoxy) is 2. The van der Waals surface area contributed by atoms with E-state index >= 15 is 0 Å². The summed E-state index contributed by atoms with van der Waals surface area (Å²) in [6, 6.07) is 14.2. The summed E-state index contributed by atoms with van der Waals surface area (Å²) in [5.74, 6) is -0.969. The first kappa shape index (κ1) is 13.7. The van der Waals surface area contributed by atoms with Crippen LogP contribution >= 0.6 is 0 Å². The van der Waals surface area contributed by atoms with Gasteiger partial charge in [-0.2, -0.15) is 0 Å². The number of rotatable bonds is 4. The quantitative estimate of drug-likeness (QED) is 0.809. The van der Waals surface area contributed by atoms with E-state index in [0.29, 0.717) is 24.3 Å². The number of carbonyl (C=O) groups is 2. The molecule has 0 N–H and O–H groups in total. The molecule has 4 nitrogen and oxygen atoms in total. The van der Waals surface area contributed by atoms with Crippen molar-refractivity contribution in [2.24, 2.45) is 0 Å². The van der Waals surface area contributed by atoms with Gasteiger partial charge >= 0.3 is 0 Å². The lowest BCUT2D eigenvalue weighted by Gasteiger charge is -2.28. The molecule has 21 heavy (non-hydrogen) atoms. The summed E-state index contributed by atoms with van der Waals surface area (Å²) in [5, 5.41) is 0. The van der Waals surface area contributed by atoms with Gasteiger partial charge in [-0.05, 0) is 0 Å². The van der Waals surface area contributed by atoms with Gasteiger partial charge in [-0.15, -0.1) is 0 Å². The van der Waals surface area contributed by atoms with Gasteiger partial charge in [0.25, 0.3) is 0 Å². The van der Waals surface area contributed by atoms with E-state index < -0.39 is 5.79 Å². The second-order valence-electron chi connectivity index (χ2n) is 4.79. The summed E-state index contributed by atoms with van der Waals surface area (Å²) in [5.41, 5.74) is 2.85. The molecule has 2 aromatic carbocycles. The minimum Gasteiger partial charge on any atom is -0.340 e. The Kier molecular flexibility index (Phi) is 3.64. The minimum absolute atomic E-state index is 0.491. The van der Waals surface area contributed by atoms with Crippen molar-refractivity contribution < 1.29 is 19.1 Å². The molecule has 0 atom stereocenters. The highest BCUT2D eigenvalue weighted by Gasteiger charge is 2.40. The van der Waals surface area contributed by atoms with Crippen LogP contribution in [-0.2, 0) is 15.3 Å². The van der Waals surface area contributed by atoms with Crippen molar-refractivity contribution in [1.82, 2.24) is 0 Å². The zero-order valence-electron chi connectivity index (χ0n) is 11.3. The minimum atomic E-state index is -0.969. The van der Waals surface area contributed by atoms with Crippen molar-refractivity contribution >= 4 is 12.6 Å². The molecule has 0 bridgehead atoms. The summed E-state index contributed by atoms with van der Waals surface area (Å²) in [6.45, 7) is 0.982. The van der Waals surface area contributed by atoms with Crippen LogP contribution in [0, 0.1) is 0 Å². The number of aldehydes is 2. The van der Waals surface area contributed by atoms with Gasteiger partial charge < -0.3 is 9.47 Å². The molecule has 1 aliphatic rings. The van der Waals surface area contributed by atoms with Crippen LogP contribution in [0.3, 0.4) is 0 Å². The van der Waals surface area contributed by atoms with Crippen LogP contribution in [-0.4, -0.2) is 25.8 Å². The average Bonchev–Trinajstić information content (AvgIpc) is 3.06. The van der Waals surface area contributed by atoms with Gasteiger partial charge in [0.15, 0.2) is 0 Å². The van der Waals surface area contributed by atoms with E-state index in [-0.39, 0.29) is 0 Å². The van der Waals surface area contributed by atoms with E-state index in [9.17, 15) is 9.59 Å². The van der Waals surface area contributed by atoms with Crippen molar-refractivity contribution in [3.05, 3.63) is 70.8 Å². The highest BCUT2D eigenvalue weighted by atomic mass is 16.7. The summed E-state index contributed by atoms with van der Waals surface area (Å²) in [7, 11) is 0. The van der Waals surface area contributed by atoms with Crippen molar-refractivity contribution in [2.75, 3.05) is 13.2 Å². The van der Waals surface area contributed by atoms with Crippen LogP contribution in [0.5, 0.6) is 0 Å². The third kappa shape index (κ3) is 2.39. The maximum absolute atomic E-state index is 10.8. The van der Waals surface area contributed by atoms with E-state index in [0.717, 1.165) is 23.7 Å². The molecule has 106 valence electrons. The lowest BCUT2D eigenvalue weighted by molar-refractivity contribution is -0.129. The molecule has 2 aromatic rings. The first-order valence-corrected chi connectivity index (χ1v) is 6.68. The molecule has 3 rings (SSSR count). The fourth-order valence-electron chi connectivity index (χ4n) is 2.47. The van der Waals surface area contributed by atoms with Crippen molar-refractivity contribution in [3.63, 3.8) is 0 Å². The fourth-order valence-corrected chi connectivity index (χ4v) is 2.47. The van der Waals surface area contributed by atoms with E-state index in [2.05, 4.69) is 0 Å². The number of carbonyl (C=O) groups excluding carboxylic acids is 2. The van der Waals surface area contributed by atoms with Crippen LogP contribution in [0.25, 0.3) is 0 Å². The Hall–Kier alpha value is -2.30. The third-order valence-electron chi connectivity index (χ3n) is 3.55. The maximum atomic E-state index is 10.8. The van der Waals surface area contributed by atoms with Crippen LogP contribution < -0.4 is 0 Å². The Labute approximate surface area is 122 Å². The van der Waals surface area contributed by atoms with Gasteiger partial charge in [0.1, 0.15) is 12.6 Å². The SMILES string of the molecule is O=Cc1ccc(C2(c3ccc(C=O)cc3)OCCO2)cc1. The van der Waals surface area contributed by atoms with Crippen LogP contribution in [0.1, 0.15) is 31.8 Å². The van der Waals surface area contributed by atoms with Gasteiger partial charge in [0.05, 0.1) is 13.2 Å². The predicted octanol–water partition coefficient (Wildman–Crippen LogP) is 2.56. The Morgan fingerprint density at radius 1 is 0.714 bits per heavy atom. The smallest absolute Gasteiger partial charge is 0.222 e. The van der Waals surface area contributed by atoms with Crippen LogP contribution in [0.4, 0.5) is 0 Å². The first-order valence-electron chi connectivity index (χ1n) is 6.68. The highest BCUT2D eigenvalue weighted by Crippen LogP contribution is 2.38. The molecule has 0 spiro atoms. The summed E-state index contributed by atoms with van der Waals surface area (Å²) >= 11 is 0. The second-order valence-corrected chi connectivity index (χ2v) is 4.79. The van der Waals surface area contributed by atoms with E-state index in [1.165, 1.54) is 0 Å². The molecule has 1 aliphatic heterocycles. The number of hydrogen-bond donors (Lipinski definition) is 0. The topological polar surface area (TPSA) is 52.6 Å².